The van der Waals surface area contributed by atoms with Crippen LogP contribution in [0.1, 0.15) is 20.3 Å². The van der Waals surface area contributed by atoms with Gasteiger partial charge in [-0.15, -0.1) is 0 Å². The average Bonchev–Trinajstić information content (AvgIpc) is 2.26. The van der Waals surface area contributed by atoms with Crippen molar-refractivity contribution in [2.75, 3.05) is 6.54 Å². The molecule has 1 saturated heterocycles. The summed E-state index contributed by atoms with van der Waals surface area (Å²) in [5, 5.41) is 7.47. The Balaban J connectivity index is 2.71. The normalized spacial score (nSPS) is 24.2. The van der Waals surface area contributed by atoms with Crippen LogP contribution in [-0.4, -0.2) is 29.5 Å². The van der Waals surface area contributed by atoms with E-state index in [1.165, 1.54) is 4.90 Å². The molecule has 1 unspecified atom stereocenters. The zero-order chi connectivity index (χ0) is 8.43. The first kappa shape index (κ1) is 8.04. The second kappa shape index (κ2) is 2.90. The Morgan fingerprint density at radius 1 is 1.64 bits per heavy atom. The number of nitrogens with one attached hydrogen (secondary N) is 1. The molecule has 0 spiro atoms. The van der Waals surface area contributed by atoms with Gasteiger partial charge in [-0.25, -0.2) is 4.79 Å². The van der Waals surface area contributed by atoms with E-state index in [0.717, 1.165) is 0 Å². The first-order valence-corrected chi connectivity index (χ1v) is 3.77. The summed E-state index contributed by atoms with van der Waals surface area (Å²) in [5.41, 5.74) is 0. The van der Waals surface area contributed by atoms with Crippen LogP contribution in [0.15, 0.2) is 0 Å². The van der Waals surface area contributed by atoms with Crippen molar-refractivity contribution < 1.29 is 9.53 Å². The molecule has 4 nitrogen and oxygen atoms in total. The zero-order valence-corrected chi connectivity index (χ0v) is 6.76. The van der Waals surface area contributed by atoms with E-state index >= 15 is 0 Å². The monoisotopic (exact) mass is 156 g/mol. The maximum absolute atomic E-state index is 10.9. The molecule has 1 atom stereocenters. The van der Waals surface area contributed by atoms with Gasteiger partial charge in [-0.05, 0) is 13.3 Å². The first-order valence-electron chi connectivity index (χ1n) is 3.77. The maximum Gasteiger partial charge on any atom is 0.416 e. The molecule has 0 saturated carbocycles. The third-order valence-electron chi connectivity index (χ3n) is 1.75. The number of nitrogens with zero attached hydrogens (tertiary/aromatic N) is 1. The summed E-state index contributed by atoms with van der Waals surface area (Å²) in [5.74, 6) is 0.292. The van der Waals surface area contributed by atoms with Gasteiger partial charge in [0.15, 0.2) is 6.10 Å². The summed E-state index contributed by atoms with van der Waals surface area (Å²) in [4.78, 5) is 12.3. The first-order chi connectivity index (χ1) is 5.20. The lowest BCUT2D eigenvalue weighted by molar-refractivity contribution is 0.133. The average molecular weight is 156 g/mol. The molecule has 1 N–H and O–H groups in total. The Labute approximate surface area is 65.6 Å². The molecule has 11 heavy (non-hydrogen) atoms. The molecule has 0 aromatic rings. The lowest BCUT2D eigenvalue weighted by Gasteiger charge is -2.08. The van der Waals surface area contributed by atoms with Gasteiger partial charge in [0.25, 0.3) is 0 Å². The molecule has 1 rings (SSSR count). The van der Waals surface area contributed by atoms with E-state index in [4.69, 9.17) is 10.1 Å². The van der Waals surface area contributed by atoms with E-state index < -0.39 is 0 Å². The lowest BCUT2D eigenvalue weighted by atomic mass is 10.2. The maximum atomic E-state index is 10.9. The third kappa shape index (κ3) is 1.20. The second-order valence-electron chi connectivity index (χ2n) is 2.41. The van der Waals surface area contributed by atoms with Crippen LogP contribution >= 0.6 is 0 Å². The summed E-state index contributed by atoms with van der Waals surface area (Å²) in [7, 11) is 0. The van der Waals surface area contributed by atoms with Crippen molar-refractivity contribution in [1.82, 2.24) is 4.90 Å². The van der Waals surface area contributed by atoms with Crippen LogP contribution < -0.4 is 0 Å². The smallest absolute Gasteiger partial charge is 0.416 e. The van der Waals surface area contributed by atoms with Gasteiger partial charge in [0, 0.05) is 6.54 Å². The number of cyclic esters (lactones) is 1. The number of rotatable bonds is 2. The van der Waals surface area contributed by atoms with Gasteiger partial charge in [-0.2, -0.15) is 0 Å². The van der Waals surface area contributed by atoms with Crippen LogP contribution in [0.4, 0.5) is 4.79 Å². The molecule has 0 bridgehead atoms. The Hall–Kier alpha value is -1.06. The van der Waals surface area contributed by atoms with Gasteiger partial charge < -0.3 is 4.74 Å². The Morgan fingerprint density at radius 3 is 2.55 bits per heavy atom. The lowest BCUT2D eigenvalue weighted by Crippen LogP contribution is -2.30. The second-order valence-corrected chi connectivity index (χ2v) is 2.41. The van der Waals surface area contributed by atoms with Crippen molar-refractivity contribution in [1.29, 1.82) is 5.41 Å². The number of amides is 1. The molecule has 0 aliphatic carbocycles. The Kier molecular flexibility index (Phi) is 2.12. The summed E-state index contributed by atoms with van der Waals surface area (Å²) >= 11 is 0. The molecule has 0 aromatic carbocycles. The van der Waals surface area contributed by atoms with Crippen LogP contribution in [0, 0.1) is 5.41 Å². The van der Waals surface area contributed by atoms with Crippen LogP contribution in [0.2, 0.25) is 0 Å². The quantitative estimate of drug-likeness (QED) is 0.653. The Bertz CT molecular complexity index is 191. The number of carbonyl (C=O) groups is 1. The highest BCUT2D eigenvalue weighted by Crippen LogP contribution is 2.14. The van der Waals surface area contributed by atoms with Crippen molar-refractivity contribution in [2.45, 2.75) is 26.4 Å². The minimum atomic E-state index is -0.385. The van der Waals surface area contributed by atoms with Gasteiger partial charge in [-0.1, -0.05) is 6.92 Å². The van der Waals surface area contributed by atoms with Gasteiger partial charge in [0.05, 0.1) is 0 Å². The summed E-state index contributed by atoms with van der Waals surface area (Å²) in [6, 6.07) is 0. The number of amidine groups is 1. The molecule has 1 amide bonds. The summed E-state index contributed by atoms with van der Waals surface area (Å²) < 4.78 is 4.89. The van der Waals surface area contributed by atoms with Crippen molar-refractivity contribution >= 4 is 11.9 Å². The molecule has 4 heteroatoms. The number of likely N-dealkylation sites (N-methyl/N-ethyl adjacent to an activating group) is 1. The molecular formula is C7H12N2O2. The molecule has 0 aromatic heterocycles. The fourth-order valence-electron chi connectivity index (χ4n) is 1.09. The fraction of sp³-hybridized carbons (Fsp3) is 0.714. The predicted molar refractivity (Wildman–Crippen MR) is 40.7 cm³/mol. The summed E-state index contributed by atoms with van der Waals surface area (Å²) in [6.45, 7) is 4.24. The highest BCUT2D eigenvalue weighted by molar-refractivity contribution is 6.01. The van der Waals surface area contributed by atoms with E-state index in [1.54, 1.807) is 0 Å². The van der Waals surface area contributed by atoms with E-state index in [9.17, 15) is 4.79 Å². The van der Waals surface area contributed by atoms with Crippen molar-refractivity contribution in [3.63, 3.8) is 0 Å². The highest BCUT2D eigenvalue weighted by Gasteiger charge is 2.34. The molecule has 1 aliphatic rings. The third-order valence-corrected chi connectivity index (χ3v) is 1.75. The predicted octanol–water partition coefficient (Wildman–Crippen LogP) is 1.21. The van der Waals surface area contributed by atoms with Crippen molar-refractivity contribution in [3.8, 4) is 0 Å². The standard InChI is InChI=1S/C7H12N2O2/c1-3-5-6(8)9(4-2)7(10)11-5/h5,8H,3-4H2,1-2H3. The van der Waals surface area contributed by atoms with Crippen LogP contribution in [-0.2, 0) is 4.74 Å². The van der Waals surface area contributed by atoms with E-state index in [2.05, 4.69) is 0 Å². The molecular weight excluding hydrogens is 144 g/mol. The van der Waals surface area contributed by atoms with Gasteiger partial charge >= 0.3 is 6.09 Å². The van der Waals surface area contributed by atoms with Gasteiger partial charge in [-0.3, -0.25) is 10.3 Å². The van der Waals surface area contributed by atoms with Crippen LogP contribution in [0.5, 0.6) is 0 Å². The SMILES string of the molecule is CCC1OC(=O)N(CC)C1=N. The van der Waals surface area contributed by atoms with E-state index in [0.29, 0.717) is 18.8 Å². The topological polar surface area (TPSA) is 53.4 Å². The fourth-order valence-corrected chi connectivity index (χ4v) is 1.09. The number of ether oxygens (including phenoxy) is 1. The number of hydrogen-bond acceptors (Lipinski definition) is 3. The number of carbonyl (C=O) groups excluding carboxylic acids is 1. The van der Waals surface area contributed by atoms with Crippen LogP contribution in [0.25, 0.3) is 0 Å². The molecule has 1 heterocycles. The molecule has 1 fully saturated rings. The van der Waals surface area contributed by atoms with Crippen LogP contribution in [0.3, 0.4) is 0 Å². The molecule has 62 valence electrons. The van der Waals surface area contributed by atoms with Gasteiger partial charge in [0.2, 0.25) is 0 Å². The minimum absolute atomic E-state index is 0.292. The summed E-state index contributed by atoms with van der Waals surface area (Å²) in [6.07, 6.45) is -0.0204. The van der Waals surface area contributed by atoms with E-state index in [-0.39, 0.29) is 12.2 Å². The van der Waals surface area contributed by atoms with Crippen molar-refractivity contribution in [2.24, 2.45) is 0 Å². The van der Waals surface area contributed by atoms with Gasteiger partial charge in [0.1, 0.15) is 5.84 Å². The minimum Gasteiger partial charge on any atom is -0.438 e. The number of hydrogen-bond donors (Lipinski definition) is 1. The zero-order valence-electron chi connectivity index (χ0n) is 6.76. The van der Waals surface area contributed by atoms with E-state index in [1.807, 2.05) is 13.8 Å². The Morgan fingerprint density at radius 2 is 2.27 bits per heavy atom. The molecule has 0 radical (unpaired) electrons. The highest BCUT2D eigenvalue weighted by atomic mass is 16.6. The van der Waals surface area contributed by atoms with Crippen molar-refractivity contribution in [3.05, 3.63) is 0 Å². The molecule has 1 aliphatic heterocycles. The largest absolute Gasteiger partial charge is 0.438 e.